The summed E-state index contributed by atoms with van der Waals surface area (Å²) in [5.41, 5.74) is 0.708. The molecule has 1 aromatic carbocycles. The molecule has 0 spiro atoms. The molecule has 0 amide bonds. The van der Waals surface area contributed by atoms with Gasteiger partial charge in [-0.15, -0.1) is 6.58 Å². The van der Waals surface area contributed by atoms with Crippen molar-refractivity contribution in [3.63, 3.8) is 0 Å². The van der Waals surface area contributed by atoms with Crippen molar-refractivity contribution in [3.8, 4) is 0 Å². The zero-order valence-corrected chi connectivity index (χ0v) is 9.17. The third-order valence-electron chi connectivity index (χ3n) is 2.63. The van der Waals surface area contributed by atoms with Crippen LogP contribution in [0.25, 0.3) is 0 Å². The summed E-state index contributed by atoms with van der Waals surface area (Å²) in [6.45, 7) is 5.62. The monoisotopic (exact) mass is 221 g/mol. The van der Waals surface area contributed by atoms with Crippen LogP contribution < -0.4 is 0 Å². The van der Waals surface area contributed by atoms with E-state index in [9.17, 15) is 15.2 Å². The molecule has 0 aliphatic carbocycles. The Labute approximate surface area is 94.4 Å². The highest BCUT2D eigenvalue weighted by atomic mass is 16.6. The molecule has 86 valence electrons. The van der Waals surface area contributed by atoms with Crippen LogP contribution in [0.2, 0.25) is 0 Å². The number of nitro benzene ring substituents is 1. The Morgan fingerprint density at radius 1 is 1.50 bits per heavy atom. The van der Waals surface area contributed by atoms with Crippen LogP contribution in [-0.4, -0.2) is 10.0 Å². The van der Waals surface area contributed by atoms with Crippen molar-refractivity contribution in [2.45, 2.75) is 19.4 Å². The minimum atomic E-state index is -0.650. The van der Waals surface area contributed by atoms with Gasteiger partial charge in [-0.1, -0.05) is 13.0 Å². The summed E-state index contributed by atoms with van der Waals surface area (Å²) in [6, 6.07) is 5.95. The first-order valence-electron chi connectivity index (χ1n) is 5.15. The van der Waals surface area contributed by atoms with Gasteiger partial charge in [-0.05, 0) is 24.1 Å². The number of nitrogens with zero attached hydrogens (tertiary/aromatic N) is 1. The molecule has 2 atom stereocenters. The second kappa shape index (κ2) is 5.42. The summed E-state index contributed by atoms with van der Waals surface area (Å²) in [4.78, 5) is 10.00. The van der Waals surface area contributed by atoms with Gasteiger partial charge in [-0.3, -0.25) is 10.1 Å². The summed E-state index contributed by atoms with van der Waals surface area (Å²) < 4.78 is 0. The van der Waals surface area contributed by atoms with Gasteiger partial charge in [0.05, 0.1) is 11.0 Å². The second-order valence-electron chi connectivity index (χ2n) is 3.60. The van der Waals surface area contributed by atoms with Crippen LogP contribution in [0, 0.1) is 16.0 Å². The van der Waals surface area contributed by atoms with Crippen molar-refractivity contribution in [2.75, 3.05) is 0 Å². The molecular formula is C12H15NO3. The fraction of sp³-hybridized carbons (Fsp3) is 0.333. The van der Waals surface area contributed by atoms with Gasteiger partial charge in [0.1, 0.15) is 0 Å². The largest absolute Gasteiger partial charge is 0.388 e. The smallest absolute Gasteiger partial charge is 0.269 e. The lowest BCUT2D eigenvalue weighted by Crippen LogP contribution is -2.09. The predicted molar refractivity (Wildman–Crippen MR) is 62.0 cm³/mol. The molecule has 1 aromatic rings. The highest BCUT2D eigenvalue weighted by Crippen LogP contribution is 2.26. The summed E-state index contributed by atoms with van der Waals surface area (Å²) >= 11 is 0. The first-order valence-corrected chi connectivity index (χ1v) is 5.15. The molecule has 1 rings (SSSR count). The molecule has 0 saturated heterocycles. The summed E-state index contributed by atoms with van der Waals surface area (Å²) in [5, 5.41) is 20.4. The number of aliphatic hydroxyl groups excluding tert-OH is 1. The van der Waals surface area contributed by atoms with Crippen LogP contribution in [0.3, 0.4) is 0 Å². The van der Waals surface area contributed by atoms with Crippen molar-refractivity contribution in [1.29, 1.82) is 0 Å². The first kappa shape index (κ1) is 12.4. The Morgan fingerprint density at radius 2 is 2.06 bits per heavy atom. The van der Waals surface area contributed by atoms with E-state index in [1.54, 1.807) is 18.2 Å². The number of hydrogen-bond acceptors (Lipinski definition) is 3. The molecule has 0 aliphatic heterocycles. The van der Waals surface area contributed by atoms with Crippen LogP contribution >= 0.6 is 0 Å². The maximum atomic E-state index is 10.5. The van der Waals surface area contributed by atoms with E-state index in [2.05, 4.69) is 6.58 Å². The minimum Gasteiger partial charge on any atom is -0.388 e. The van der Waals surface area contributed by atoms with E-state index in [4.69, 9.17) is 0 Å². The average molecular weight is 221 g/mol. The number of benzene rings is 1. The van der Waals surface area contributed by atoms with Crippen LogP contribution in [-0.2, 0) is 0 Å². The molecule has 0 unspecified atom stereocenters. The number of rotatable bonds is 5. The summed E-state index contributed by atoms with van der Waals surface area (Å²) in [6.07, 6.45) is 1.83. The first-order chi connectivity index (χ1) is 7.60. The van der Waals surface area contributed by atoms with Gasteiger partial charge in [0.25, 0.3) is 5.69 Å². The van der Waals surface area contributed by atoms with Crippen molar-refractivity contribution in [2.24, 2.45) is 5.92 Å². The van der Waals surface area contributed by atoms with Gasteiger partial charge < -0.3 is 5.11 Å². The van der Waals surface area contributed by atoms with Crippen LogP contribution in [0.4, 0.5) is 5.69 Å². The van der Waals surface area contributed by atoms with Gasteiger partial charge >= 0.3 is 0 Å². The van der Waals surface area contributed by atoms with Crippen molar-refractivity contribution >= 4 is 5.69 Å². The zero-order valence-electron chi connectivity index (χ0n) is 9.17. The Hall–Kier alpha value is -1.68. The van der Waals surface area contributed by atoms with Gasteiger partial charge in [0.2, 0.25) is 0 Å². The Morgan fingerprint density at radius 3 is 2.44 bits per heavy atom. The van der Waals surface area contributed by atoms with E-state index in [1.165, 1.54) is 12.1 Å². The molecule has 0 heterocycles. The number of aliphatic hydroxyl groups is 1. The molecule has 0 bridgehead atoms. The molecule has 16 heavy (non-hydrogen) atoms. The number of non-ortho nitro benzene ring substituents is 1. The van der Waals surface area contributed by atoms with Crippen LogP contribution in [0.1, 0.15) is 25.0 Å². The van der Waals surface area contributed by atoms with Gasteiger partial charge in [-0.2, -0.15) is 0 Å². The Bertz CT molecular complexity index is 372. The van der Waals surface area contributed by atoms with E-state index in [0.717, 1.165) is 6.42 Å². The molecule has 0 saturated carbocycles. The summed E-state index contributed by atoms with van der Waals surface area (Å²) in [5.74, 6) is -0.0264. The molecule has 0 fully saturated rings. The van der Waals surface area contributed by atoms with Crippen LogP contribution in [0.15, 0.2) is 36.9 Å². The van der Waals surface area contributed by atoms with Crippen molar-refractivity contribution in [1.82, 2.24) is 0 Å². The second-order valence-corrected chi connectivity index (χ2v) is 3.60. The van der Waals surface area contributed by atoms with Gasteiger partial charge in [0.15, 0.2) is 0 Å². The maximum Gasteiger partial charge on any atom is 0.269 e. The average Bonchev–Trinajstić information content (AvgIpc) is 2.30. The lowest BCUT2D eigenvalue weighted by molar-refractivity contribution is -0.384. The standard InChI is InChI=1S/C12H15NO3/c1-3-9(4-2)12(14)10-5-7-11(8-6-10)13(15)16/h3,5-9,12,14H,1,4H2,2H3/t9-,12-/m1/s1. The van der Waals surface area contributed by atoms with Gasteiger partial charge in [0, 0.05) is 18.1 Å². The molecule has 1 N–H and O–H groups in total. The topological polar surface area (TPSA) is 63.4 Å². The molecule has 4 nitrogen and oxygen atoms in total. The highest BCUT2D eigenvalue weighted by Gasteiger charge is 2.16. The van der Waals surface area contributed by atoms with E-state index >= 15 is 0 Å². The molecule has 0 aliphatic rings. The minimum absolute atomic E-state index is 0.0264. The third kappa shape index (κ3) is 2.67. The predicted octanol–water partition coefficient (Wildman–Crippen LogP) is 2.84. The lowest BCUT2D eigenvalue weighted by Gasteiger charge is -2.17. The number of hydrogen-bond donors (Lipinski definition) is 1. The maximum absolute atomic E-state index is 10.5. The van der Waals surface area contributed by atoms with E-state index in [0.29, 0.717) is 5.56 Å². The molecule has 0 aromatic heterocycles. The Kier molecular flexibility index (Phi) is 4.19. The molecule has 0 radical (unpaired) electrons. The SMILES string of the molecule is C=C[C@H](CC)[C@@H](O)c1ccc([N+](=O)[O-])cc1. The van der Waals surface area contributed by atoms with E-state index in [-0.39, 0.29) is 11.6 Å². The normalized spacial score (nSPS) is 14.1. The number of nitro groups is 1. The third-order valence-corrected chi connectivity index (χ3v) is 2.63. The zero-order chi connectivity index (χ0) is 12.1. The fourth-order valence-electron chi connectivity index (χ4n) is 1.56. The summed E-state index contributed by atoms with van der Waals surface area (Å²) in [7, 11) is 0. The van der Waals surface area contributed by atoms with Crippen LogP contribution in [0.5, 0.6) is 0 Å². The van der Waals surface area contributed by atoms with E-state index < -0.39 is 11.0 Å². The van der Waals surface area contributed by atoms with Crippen molar-refractivity contribution in [3.05, 3.63) is 52.6 Å². The highest BCUT2D eigenvalue weighted by molar-refractivity contribution is 5.34. The van der Waals surface area contributed by atoms with Crippen molar-refractivity contribution < 1.29 is 10.0 Å². The Balaban J connectivity index is 2.88. The molecular weight excluding hydrogens is 206 g/mol. The quantitative estimate of drug-likeness (QED) is 0.472. The van der Waals surface area contributed by atoms with Gasteiger partial charge in [-0.25, -0.2) is 0 Å². The fourth-order valence-corrected chi connectivity index (χ4v) is 1.56. The molecule has 4 heteroatoms. The lowest BCUT2D eigenvalue weighted by atomic mass is 9.93. The van der Waals surface area contributed by atoms with E-state index in [1.807, 2.05) is 6.92 Å².